The minimum Gasteiger partial charge on any atom is -0.484 e. The minimum atomic E-state index is -1.13. The lowest BCUT2D eigenvalue weighted by atomic mass is 10.1. The van der Waals surface area contributed by atoms with E-state index in [9.17, 15) is 14.4 Å². The number of carboxylic acids is 1. The van der Waals surface area contributed by atoms with Gasteiger partial charge in [-0.15, -0.1) is 0 Å². The molecule has 0 aliphatic carbocycles. The van der Waals surface area contributed by atoms with E-state index < -0.39 is 23.5 Å². The molecule has 1 amide bonds. The summed E-state index contributed by atoms with van der Waals surface area (Å²) >= 11 is 0. The van der Waals surface area contributed by atoms with Gasteiger partial charge in [-0.1, -0.05) is 13.3 Å². The van der Waals surface area contributed by atoms with Crippen LogP contribution in [0.1, 0.15) is 25.8 Å². The summed E-state index contributed by atoms with van der Waals surface area (Å²) in [7, 11) is 0. The standard InChI is InChI=1S/C17H19NO6/c1-3-4-11-7-16(20)24-14-8-12(5-6-13(11)14)23-9-15(19)18-10(2)17(21)22/h5-8,10H,3-4,9H2,1-2H3,(H,18,19)(H,21,22). The number of aliphatic carboxylic acids is 1. The number of aryl methyl sites for hydroxylation is 1. The van der Waals surface area contributed by atoms with Crippen LogP contribution in [0.25, 0.3) is 11.0 Å². The summed E-state index contributed by atoms with van der Waals surface area (Å²) in [5.74, 6) is -1.32. The second-order valence-electron chi connectivity index (χ2n) is 5.41. The first-order chi connectivity index (χ1) is 11.4. The molecule has 7 heteroatoms. The van der Waals surface area contributed by atoms with Gasteiger partial charge >= 0.3 is 11.6 Å². The lowest BCUT2D eigenvalue weighted by Gasteiger charge is -2.11. The van der Waals surface area contributed by atoms with E-state index in [4.69, 9.17) is 14.3 Å². The van der Waals surface area contributed by atoms with Gasteiger partial charge < -0.3 is 19.6 Å². The van der Waals surface area contributed by atoms with E-state index in [1.807, 2.05) is 6.92 Å². The van der Waals surface area contributed by atoms with Gasteiger partial charge in [-0.05, 0) is 31.0 Å². The molecule has 0 saturated carbocycles. The van der Waals surface area contributed by atoms with Gasteiger partial charge in [-0.25, -0.2) is 4.79 Å². The molecule has 0 spiro atoms. The number of hydrogen-bond acceptors (Lipinski definition) is 5. The average Bonchev–Trinajstić information content (AvgIpc) is 2.52. The van der Waals surface area contributed by atoms with Gasteiger partial charge in [0.1, 0.15) is 17.4 Å². The normalized spacial score (nSPS) is 11.9. The molecule has 1 heterocycles. The maximum absolute atomic E-state index is 11.6. The van der Waals surface area contributed by atoms with E-state index in [1.54, 1.807) is 18.2 Å². The summed E-state index contributed by atoms with van der Waals surface area (Å²) in [5, 5.41) is 11.8. The van der Waals surface area contributed by atoms with Crippen LogP contribution >= 0.6 is 0 Å². The molecule has 1 aromatic carbocycles. The zero-order valence-electron chi connectivity index (χ0n) is 13.5. The second-order valence-corrected chi connectivity index (χ2v) is 5.41. The Hall–Kier alpha value is -2.83. The number of benzene rings is 1. The van der Waals surface area contributed by atoms with Crippen molar-refractivity contribution >= 4 is 22.8 Å². The number of fused-ring (bicyclic) bond motifs is 1. The zero-order valence-corrected chi connectivity index (χ0v) is 13.5. The maximum atomic E-state index is 11.6. The first-order valence-corrected chi connectivity index (χ1v) is 7.62. The van der Waals surface area contributed by atoms with Crippen molar-refractivity contribution in [3.63, 3.8) is 0 Å². The smallest absolute Gasteiger partial charge is 0.336 e. The molecule has 2 aromatic rings. The van der Waals surface area contributed by atoms with E-state index in [0.717, 1.165) is 23.8 Å². The molecule has 2 N–H and O–H groups in total. The van der Waals surface area contributed by atoms with Crippen molar-refractivity contribution in [1.82, 2.24) is 5.32 Å². The summed E-state index contributed by atoms with van der Waals surface area (Å²) in [4.78, 5) is 33.9. The third-order valence-electron chi connectivity index (χ3n) is 3.44. The van der Waals surface area contributed by atoms with E-state index in [2.05, 4.69) is 5.32 Å². The summed E-state index contributed by atoms with van der Waals surface area (Å²) in [6.45, 7) is 3.05. The van der Waals surface area contributed by atoms with Crippen LogP contribution < -0.4 is 15.7 Å². The average molecular weight is 333 g/mol. The van der Waals surface area contributed by atoms with Crippen molar-refractivity contribution in [2.75, 3.05) is 6.61 Å². The highest BCUT2D eigenvalue weighted by Gasteiger charge is 2.14. The van der Waals surface area contributed by atoms with Gasteiger partial charge in [0.05, 0.1) is 0 Å². The Morgan fingerprint density at radius 3 is 2.75 bits per heavy atom. The first kappa shape index (κ1) is 17.5. The number of nitrogens with one attached hydrogen (secondary N) is 1. The van der Waals surface area contributed by atoms with Crippen LogP contribution in [0.3, 0.4) is 0 Å². The molecule has 7 nitrogen and oxygen atoms in total. The highest BCUT2D eigenvalue weighted by Crippen LogP contribution is 2.23. The molecule has 0 aliphatic rings. The Morgan fingerprint density at radius 1 is 1.33 bits per heavy atom. The van der Waals surface area contributed by atoms with Crippen LogP contribution in [-0.4, -0.2) is 29.6 Å². The topological polar surface area (TPSA) is 106 Å². The molecule has 1 atom stereocenters. The number of carbonyl (C=O) groups excluding carboxylic acids is 1. The Kier molecular flexibility index (Phi) is 5.57. The predicted molar refractivity (Wildman–Crippen MR) is 87.2 cm³/mol. The lowest BCUT2D eigenvalue weighted by molar-refractivity contribution is -0.141. The predicted octanol–water partition coefficient (Wildman–Crippen LogP) is 1.71. The van der Waals surface area contributed by atoms with Gasteiger partial charge in [0.15, 0.2) is 6.61 Å². The first-order valence-electron chi connectivity index (χ1n) is 7.62. The molecule has 0 radical (unpaired) electrons. The molecule has 2 rings (SSSR count). The van der Waals surface area contributed by atoms with E-state index >= 15 is 0 Å². The number of carbonyl (C=O) groups is 2. The third-order valence-corrected chi connectivity index (χ3v) is 3.44. The van der Waals surface area contributed by atoms with Crippen molar-refractivity contribution in [2.24, 2.45) is 0 Å². The molecule has 0 bridgehead atoms. The van der Waals surface area contributed by atoms with Crippen LogP contribution in [0.2, 0.25) is 0 Å². The van der Waals surface area contributed by atoms with Gasteiger partial charge in [0.25, 0.3) is 5.91 Å². The Bertz CT molecular complexity index is 810. The molecular formula is C17H19NO6. The Labute approximate surface area is 138 Å². The summed E-state index contributed by atoms with van der Waals surface area (Å²) in [6, 6.07) is 5.48. The van der Waals surface area contributed by atoms with Crippen molar-refractivity contribution in [3.8, 4) is 5.75 Å². The number of ether oxygens (including phenoxy) is 1. The monoisotopic (exact) mass is 333 g/mol. The van der Waals surface area contributed by atoms with Crippen LogP contribution in [0, 0.1) is 0 Å². The maximum Gasteiger partial charge on any atom is 0.336 e. The Balaban J connectivity index is 2.12. The minimum absolute atomic E-state index is 0.331. The number of amides is 1. The quantitative estimate of drug-likeness (QED) is 0.747. The Morgan fingerprint density at radius 2 is 2.08 bits per heavy atom. The lowest BCUT2D eigenvalue weighted by Crippen LogP contribution is -2.40. The van der Waals surface area contributed by atoms with Crippen LogP contribution in [-0.2, 0) is 16.0 Å². The number of hydrogen-bond donors (Lipinski definition) is 2. The molecule has 24 heavy (non-hydrogen) atoms. The molecule has 0 aliphatic heterocycles. The largest absolute Gasteiger partial charge is 0.484 e. The molecule has 0 fully saturated rings. The van der Waals surface area contributed by atoms with Gasteiger partial charge in [0.2, 0.25) is 0 Å². The summed E-state index contributed by atoms with van der Waals surface area (Å²) < 4.78 is 10.5. The fourth-order valence-corrected chi connectivity index (χ4v) is 2.27. The van der Waals surface area contributed by atoms with E-state index in [0.29, 0.717) is 11.3 Å². The summed E-state index contributed by atoms with van der Waals surface area (Å²) in [6.07, 6.45) is 1.66. The fraction of sp³-hybridized carbons (Fsp3) is 0.353. The highest BCUT2D eigenvalue weighted by molar-refractivity contribution is 5.84. The summed E-state index contributed by atoms with van der Waals surface area (Å²) in [5.41, 5.74) is 0.863. The van der Waals surface area contributed by atoms with Crippen LogP contribution in [0.15, 0.2) is 33.5 Å². The van der Waals surface area contributed by atoms with Gasteiger partial charge in [-0.2, -0.15) is 0 Å². The number of rotatable bonds is 7. The van der Waals surface area contributed by atoms with E-state index in [1.165, 1.54) is 13.0 Å². The van der Waals surface area contributed by atoms with Crippen molar-refractivity contribution in [2.45, 2.75) is 32.7 Å². The van der Waals surface area contributed by atoms with Crippen LogP contribution in [0.5, 0.6) is 5.75 Å². The molecule has 0 saturated heterocycles. The SMILES string of the molecule is CCCc1cc(=O)oc2cc(OCC(=O)NC(C)C(=O)O)ccc12. The second kappa shape index (κ2) is 7.63. The molecule has 1 unspecified atom stereocenters. The van der Waals surface area contributed by atoms with E-state index in [-0.39, 0.29) is 6.61 Å². The van der Waals surface area contributed by atoms with Gasteiger partial charge in [0, 0.05) is 17.5 Å². The number of carboxylic acid groups (broad SMARTS) is 1. The highest BCUT2D eigenvalue weighted by atomic mass is 16.5. The van der Waals surface area contributed by atoms with Crippen LogP contribution in [0.4, 0.5) is 0 Å². The zero-order chi connectivity index (χ0) is 17.7. The van der Waals surface area contributed by atoms with Crippen molar-refractivity contribution in [1.29, 1.82) is 0 Å². The molecule has 128 valence electrons. The van der Waals surface area contributed by atoms with Gasteiger partial charge in [-0.3, -0.25) is 9.59 Å². The fourth-order valence-electron chi connectivity index (χ4n) is 2.27. The third kappa shape index (κ3) is 4.34. The van der Waals surface area contributed by atoms with Crippen molar-refractivity contribution < 1.29 is 23.8 Å². The van der Waals surface area contributed by atoms with Crippen molar-refractivity contribution in [3.05, 3.63) is 40.2 Å². The molecule has 1 aromatic heterocycles. The molecular weight excluding hydrogens is 314 g/mol.